The zero-order valence-electron chi connectivity index (χ0n) is 30.0. The third kappa shape index (κ3) is 31.1. The molecule has 0 aromatic heterocycles. The highest BCUT2D eigenvalue weighted by atomic mass is 35.5. The fourth-order valence-corrected chi connectivity index (χ4v) is 4.16. The standard InChI is InChI=1S/C17H29N3O6S2.C13H23Cl2N3O4/c1-12(21)27-10-14(23)18-6-8-20(16(25)26-17(3,4)5)9-7-19-15(24)11-28-13(2)22;1-13(2,3)22-12(21)18(6-4-16-10(19)8-14)7-5-17-11(20)9-15/h6-11H2,1-5H3,(H,18,23)(H,19,24);4-9H2,1-3H3,(H,16,19)(H,17,20). The van der Waals surface area contributed by atoms with E-state index < -0.39 is 23.4 Å². The molecule has 0 saturated heterocycles. The summed E-state index contributed by atoms with van der Waals surface area (Å²) in [6.45, 7) is 15.0. The summed E-state index contributed by atoms with van der Waals surface area (Å²) in [6, 6.07) is 0. The highest BCUT2D eigenvalue weighted by molar-refractivity contribution is 8.14. The summed E-state index contributed by atoms with van der Waals surface area (Å²) in [5.74, 6) is -1.49. The first-order valence-electron chi connectivity index (χ1n) is 15.5. The van der Waals surface area contributed by atoms with Gasteiger partial charge in [-0.3, -0.25) is 28.8 Å². The molecule has 0 radical (unpaired) electrons. The van der Waals surface area contributed by atoms with E-state index in [2.05, 4.69) is 21.3 Å². The molecule has 0 unspecified atom stereocenters. The molecule has 288 valence electrons. The number of nitrogens with one attached hydrogen (secondary N) is 4. The number of carbonyl (C=O) groups is 8. The molecule has 0 spiro atoms. The van der Waals surface area contributed by atoms with Gasteiger partial charge in [0.15, 0.2) is 10.2 Å². The van der Waals surface area contributed by atoms with E-state index in [0.29, 0.717) is 0 Å². The molecular weight excluding hydrogens is 739 g/mol. The summed E-state index contributed by atoms with van der Waals surface area (Å²) in [4.78, 5) is 94.4. The van der Waals surface area contributed by atoms with Crippen molar-refractivity contribution in [2.24, 2.45) is 0 Å². The van der Waals surface area contributed by atoms with Gasteiger partial charge in [-0.25, -0.2) is 9.59 Å². The van der Waals surface area contributed by atoms with Gasteiger partial charge in [-0.15, -0.1) is 23.2 Å². The maximum absolute atomic E-state index is 12.3. The van der Waals surface area contributed by atoms with Crippen LogP contribution in [0.3, 0.4) is 0 Å². The van der Waals surface area contributed by atoms with Gasteiger partial charge < -0.3 is 40.5 Å². The first-order chi connectivity index (χ1) is 23.1. The van der Waals surface area contributed by atoms with Gasteiger partial charge in [0, 0.05) is 66.2 Å². The van der Waals surface area contributed by atoms with Gasteiger partial charge in [0.25, 0.3) is 0 Å². The molecule has 0 aliphatic carbocycles. The molecule has 16 nitrogen and oxygen atoms in total. The topological polar surface area (TPSA) is 210 Å². The van der Waals surface area contributed by atoms with Gasteiger partial charge in [0.1, 0.15) is 23.0 Å². The van der Waals surface area contributed by atoms with Crippen LogP contribution in [0.4, 0.5) is 9.59 Å². The zero-order valence-corrected chi connectivity index (χ0v) is 33.2. The largest absolute Gasteiger partial charge is 0.444 e. The van der Waals surface area contributed by atoms with Crippen LogP contribution in [0.25, 0.3) is 0 Å². The molecule has 0 rings (SSSR count). The molecule has 0 fully saturated rings. The predicted molar refractivity (Wildman–Crippen MR) is 195 cm³/mol. The molecule has 0 aliphatic heterocycles. The van der Waals surface area contributed by atoms with E-state index in [1.54, 1.807) is 41.5 Å². The van der Waals surface area contributed by atoms with Gasteiger partial charge in [0.2, 0.25) is 23.6 Å². The molecule has 20 heteroatoms. The minimum Gasteiger partial charge on any atom is -0.444 e. The van der Waals surface area contributed by atoms with Gasteiger partial charge in [-0.2, -0.15) is 0 Å². The van der Waals surface area contributed by atoms with Crippen LogP contribution in [0.1, 0.15) is 55.4 Å². The number of alkyl halides is 2. The summed E-state index contributed by atoms with van der Waals surface area (Å²) < 4.78 is 10.6. The highest BCUT2D eigenvalue weighted by Crippen LogP contribution is 2.11. The lowest BCUT2D eigenvalue weighted by Crippen LogP contribution is -2.45. The van der Waals surface area contributed by atoms with Crippen molar-refractivity contribution in [2.75, 3.05) is 75.6 Å². The Hall–Kier alpha value is -2.96. The highest BCUT2D eigenvalue weighted by Gasteiger charge is 2.23. The first-order valence-corrected chi connectivity index (χ1v) is 18.6. The van der Waals surface area contributed by atoms with E-state index in [4.69, 9.17) is 32.7 Å². The van der Waals surface area contributed by atoms with Gasteiger partial charge in [-0.1, -0.05) is 23.5 Å². The van der Waals surface area contributed by atoms with E-state index in [1.807, 2.05) is 0 Å². The number of hydrogen-bond acceptors (Lipinski definition) is 12. The van der Waals surface area contributed by atoms with Crippen LogP contribution >= 0.6 is 46.7 Å². The summed E-state index contributed by atoms with van der Waals surface area (Å²) in [6.07, 6.45) is -1.08. The van der Waals surface area contributed by atoms with E-state index in [9.17, 15) is 38.4 Å². The SMILES string of the molecule is CC(=O)SCC(=O)NCCN(CCNC(=O)CSC(C)=O)C(=O)OC(C)(C)C.CC(C)(C)OC(=O)N(CCNC(=O)CCl)CCNC(=O)CCl. The van der Waals surface area contributed by atoms with Crippen LogP contribution in [-0.4, -0.2) is 143 Å². The lowest BCUT2D eigenvalue weighted by Gasteiger charge is -2.27. The molecule has 50 heavy (non-hydrogen) atoms. The molecule has 0 aromatic carbocycles. The summed E-state index contributed by atoms with van der Waals surface area (Å²) in [7, 11) is 0. The lowest BCUT2D eigenvalue weighted by molar-refractivity contribution is -0.119. The van der Waals surface area contributed by atoms with E-state index in [1.165, 1.54) is 23.6 Å². The van der Waals surface area contributed by atoms with Crippen molar-refractivity contribution >= 4 is 92.8 Å². The van der Waals surface area contributed by atoms with Crippen molar-refractivity contribution in [1.29, 1.82) is 0 Å². The third-order valence-electron chi connectivity index (χ3n) is 5.17. The van der Waals surface area contributed by atoms with E-state index in [-0.39, 0.29) is 109 Å². The number of rotatable bonds is 18. The second kappa shape index (κ2) is 26.8. The van der Waals surface area contributed by atoms with Crippen molar-refractivity contribution < 1.29 is 47.8 Å². The van der Waals surface area contributed by atoms with Crippen molar-refractivity contribution in [1.82, 2.24) is 31.1 Å². The molecule has 0 aliphatic rings. The van der Waals surface area contributed by atoms with Crippen molar-refractivity contribution in [3.8, 4) is 0 Å². The Morgan fingerprint density at radius 3 is 1.00 bits per heavy atom. The summed E-state index contributed by atoms with van der Waals surface area (Å²) in [5.41, 5.74) is -1.31. The minimum absolute atomic E-state index is 0.0195. The van der Waals surface area contributed by atoms with E-state index in [0.717, 1.165) is 23.5 Å². The number of thioether (sulfide) groups is 2. The van der Waals surface area contributed by atoms with Crippen LogP contribution < -0.4 is 21.3 Å². The number of carbonyl (C=O) groups excluding carboxylic acids is 8. The fraction of sp³-hybridized carbons (Fsp3) is 0.733. The maximum atomic E-state index is 12.3. The first kappa shape index (κ1) is 49.2. The number of halogens is 2. The number of amides is 6. The maximum Gasteiger partial charge on any atom is 0.410 e. The van der Waals surface area contributed by atoms with Gasteiger partial charge in [-0.05, 0) is 41.5 Å². The van der Waals surface area contributed by atoms with Crippen LogP contribution in [0.15, 0.2) is 0 Å². The van der Waals surface area contributed by atoms with Crippen molar-refractivity contribution in [2.45, 2.75) is 66.6 Å². The predicted octanol–water partition coefficient (Wildman–Crippen LogP) is 1.95. The fourth-order valence-electron chi connectivity index (χ4n) is 3.09. The molecule has 4 N–H and O–H groups in total. The van der Waals surface area contributed by atoms with Crippen LogP contribution in [0, 0.1) is 0 Å². The Kier molecular flexibility index (Phi) is 26.3. The summed E-state index contributed by atoms with van der Waals surface area (Å²) in [5, 5.41) is 10.1. The Balaban J connectivity index is 0. The average molecular weight is 792 g/mol. The molecule has 0 atom stereocenters. The normalized spacial score (nSPS) is 10.8. The average Bonchev–Trinajstić information content (AvgIpc) is 2.99. The molecule has 6 amide bonds. The van der Waals surface area contributed by atoms with Crippen molar-refractivity contribution in [3.05, 3.63) is 0 Å². The Morgan fingerprint density at radius 1 is 0.520 bits per heavy atom. The monoisotopic (exact) mass is 790 g/mol. The molecule has 0 saturated carbocycles. The molecule has 0 bridgehead atoms. The van der Waals surface area contributed by atoms with Gasteiger partial charge in [0.05, 0.1) is 11.5 Å². The Morgan fingerprint density at radius 2 is 0.780 bits per heavy atom. The Bertz CT molecular complexity index is 1080. The summed E-state index contributed by atoms with van der Waals surface area (Å²) >= 11 is 12.6. The molecule has 0 heterocycles. The van der Waals surface area contributed by atoms with Crippen LogP contribution in [-0.2, 0) is 38.2 Å². The third-order valence-corrected chi connectivity index (χ3v) is 7.29. The second-order valence-corrected chi connectivity index (χ2v) is 15.0. The lowest BCUT2D eigenvalue weighted by atomic mass is 10.2. The number of hydrogen-bond donors (Lipinski definition) is 4. The van der Waals surface area contributed by atoms with Gasteiger partial charge >= 0.3 is 12.2 Å². The second-order valence-electron chi connectivity index (χ2n) is 12.2. The Labute approximate surface area is 312 Å². The van der Waals surface area contributed by atoms with Crippen molar-refractivity contribution in [3.63, 3.8) is 0 Å². The smallest absolute Gasteiger partial charge is 0.410 e. The quantitative estimate of drug-likeness (QED) is 0.147. The van der Waals surface area contributed by atoms with Crippen LogP contribution in [0.2, 0.25) is 0 Å². The van der Waals surface area contributed by atoms with Crippen LogP contribution in [0.5, 0.6) is 0 Å². The number of ether oxygens (including phenoxy) is 2. The zero-order chi connectivity index (χ0) is 38.9. The van der Waals surface area contributed by atoms with E-state index >= 15 is 0 Å². The number of nitrogens with zero attached hydrogens (tertiary/aromatic N) is 2. The molecular formula is C30H52Cl2N6O10S2. The minimum atomic E-state index is -0.682. The molecule has 0 aromatic rings.